The molecule has 0 saturated carbocycles. The minimum absolute atomic E-state index is 0.266. The number of methoxy groups -OCH3 is 1. The summed E-state index contributed by atoms with van der Waals surface area (Å²) in [6.45, 7) is 1.48. The van der Waals surface area contributed by atoms with Gasteiger partial charge >= 0.3 is 0 Å². The molecule has 0 bridgehead atoms. The summed E-state index contributed by atoms with van der Waals surface area (Å²) in [6, 6.07) is 5.16. The first-order chi connectivity index (χ1) is 7.54. The number of hydrogen-bond acceptors (Lipinski definition) is 3. The number of Topliss-reactive ketones (excluding diaryl/α,β-unsaturated/α-hetero) is 1. The van der Waals surface area contributed by atoms with Crippen molar-refractivity contribution < 1.29 is 14.3 Å². The van der Waals surface area contributed by atoms with Gasteiger partial charge in [0.15, 0.2) is 0 Å². The lowest BCUT2D eigenvalue weighted by molar-refractivity contribution is -0.136. The largest absolute Gasteiger partial charge is 0.495 e. The van der Waals surface area contributed by atoms with Crippen molar-refractivity contribution in [3.8, 4) is 5.75 Å². The van der Waals surface area contributed by atoms with Crippen molar-refractivity contribution in [2.75, 3.05) is 7.11 Å². The van der Waals surface area contributed by atoms with Crippen molar-refractivity contribution in [2.24, 2.45) is 0 Å². The van der Waals surface area contributed by atoms with E-state index in [1.54, 1.807) is 18.2 Å². The zero-order valence-corrected chi connectivity index (χ0v) is 9.80. The van der Waals surface area contributed by atoms with E-state index in [0.717, 1.165) is 5.56 Å². The highest BCUT2D eigenvalue weighted by molar-refractivity contribution is 6.35. The quantitative estimate of drug-likeness (QED) is 0.814. The number of amides is 1. The van der Waals surface area contributed by atoms with Crippen LogP contribution in [0.25, 0.3) is 0 Å². The van der Waals surface area contributed by atoms with Crippen LogP contribution in [0.15, 0.2) is 18.2 Å². The number of rotatable bonds is 4. The molecule has 4 nitrogen and oxygen atoms in total. The second kappa shape index (κ2) is 5.51. The Morgan fingerprint density at radius 1 is 1.44 bits per heavy atom. The monoisotopic (exact) mass is 241 g/mol. The van der Waals surface area contributed by atoms with E-state index in [9.17, 15) is 9.59 Å². The first kappa shape index (κ1) is 12.5. The van der Waals surface area contributed by atoms with Crippen molar-refractivity contribution >= 4 is 23.3 Å². The molecule has 0 radical (unpaired) electrons. The molecule has 1 amide bonds. The van der Waals surface area contributed by atoms with Gasteiger partial charge in [-0.3, -0.25) is 9.59 Å². The van der Waals surface area contributed by atoms with Gasteiger partial charge in [-0.15, -0.1) is 0 Å². The predicted octanol–water partition coefficient (Wildman–Crippen LogP) is 1.55. The molecule has 1 aromatic carbocycles. The molecule has 0 atom stereocenters. The molecule has 0 saturated heterocycles. The van der Waals surface area contributed by atoms with E-state index in [1.807, 2.05) is 0 Å². The lowest BCUT2D eigenvalue weighted by Crippen LogP contribution is -2.28. The lowest BCUT2D eigenvalue weighted by atomic mass is 10.2. The first-order valence-corrected chi connectivity index (χ1v) is 5.03. The Hall–Kier alpha value is -1.55. The van der Waals surface area contributed by atoms with Gasteiger partial charge in [-0.25, -0.2) is 0 Å². The lowest BCUT2D eigenvalue weighted by Gasteiger charge is -2.06. The van der Waals surface area contributed by atoms with Gasteiger partial charge in [-0.2, -0.15) is 0 Å². The molecule has 1 N–H and O–H groups in total. The highest BCUT2D eigenvalue weighted by Crippen LogP contribution is 2.24. The van der Waals surface area contributed by atoms with Crippen molar-refractivity contribution in [3.05, 3.63) is 28.8 Å². The van der Waals surface area contributed by atoms with Crippen molar-refractivity contribution in [1.29, 1.82) is 0 Å². The summed E-state index contributed by atoms with van der Waals surface area (Å²) in [5.41, 5.74) is 0.806. The maximum Gasteiger partial charge on any atom is 0.287 e. The average Bonchev–Trinajstić information content (AvgIpc) is 2.25. The van der Waals surface area contributed by atoms with Crippen molar-refractivity contribution in [2.45, 2.75) is 13.5 Å². The van der Waals surface area contributed by atoms with E-state index in [2.05, 4.69) is 5.32 Å². The van der Waals surface area contributed by atoms with Crippen LogP contribution in [-0.4, -0.2) is 18.8 Å². The second-order valence-corrected chi connectivity index (χ2v) is 3.61. The molecular weight excluding hydrogens is 230 g/mol. The number of ketones is 1. The molecule has 0 heterocycles. The van der Waals surface area contributed by atoms with Crippen molar-refractivity contribution in [1.82, 2.24) is 5.32 Å². The summed E-state index contributed by atoms with van der Waals surface area (Å²) in [6.07, 6.45) is 0. The van der Waals surface area contributed by atoms with Crippen molar-refractivity contribution in [3.63, 3.8) is 0 Å². The van der Waals surface area contributed by atoms with Crippen LogP contribution in [0.4, 0.5) is 0 Å². The van der Waals surface area contributed by atoms with E-state index in [4.69, 9.17) is 16.3 Å². The Bertz CT molecular complexity index is 418. The molecule has 0 aliphatic heterocycles. The number of carbonyl (C=O) groups is 2. The minimum atomic E-state index is -0.605. The molecule has 0 fully saturated rings. The van der Waals surface area contributed by atoms with Crippen LogP contribution in [0.3, 0.4) is 0 Å². The van der Waals surface area contributed by atoms with Gasteiger partial charge in [-0.1, -0.05) is 17.7 Å². The molecule has 1 aromatic rings. The van der Waals surface area contributed by atoms with E-state index in [0.29, 0.717) is 10.8 Å². The molecular formula is C11H12ClNO3. The van der Waals surface area contributed by atoms with Crippen LogP contribution in [-0.2, 0) is 16.1 Å². The Balaban J connectivity index is 2.65. The number of benzene rings is 1. The van der Waals surface area contributed by atoms with E-state index < -0.39 is 11.7 Å². The topological polar surface area (TPSA) is 55.4 Å². The van der Waals surface area contributed by atoms with Gasteiger partial charge in [0, 0.05) is 13.5 Å². The number of halogens is 1. The molecule has 0 spiro atoms. The fourth-order valence-corrected chi connectivity index (χ4v) is 1.41. The van der Waals surface area contributed by atoms with E-state index >= 15 is 0 Å². The first-order valence-electron chi connectivity index (χ1n) is 4.65. The molecule has 1 rings (SSSR count). The minimum Gasteiger partial charge on any atom is -0.495 e. The zero-order chi connectivity index (χ0) is 12.1. The van der Waals surface area contributed by atoms with E-state index in [-0.39, 0.29) is 6.54 Å². The summed E-state index contributed by atoms with van der Waals surface area (Å²) in [7, 11) is 1.53. The summed E-state index contributed by atoms with van der Waals surface area (Å²) in [4.78, 5) is 21.7. The van der Waals surface area contributed by atoms with Crippen LogP contribution in [0.2, 0.25) is 5.02 Å². The fraction of sp³-hybridized carbons (Fsp3) is 0.273. The van der Waals surface area contributed by atoms with Gasteiger partial charge in [-0.05, 0) is 17.7 Å². The number of ether oxygens (including phenoxy) is 1. The third-order valence-electron chi connectivity index (χ3n) is 1.99. The van der Waals surface area contributed by atoms with Gasteiger partial charge in [0.2, 0.25) is 5.78 Å². The maximum absolute atomic E-state index is 11.0. The van der Waals surface area contributed by atoms with Crippen LogP contribution < -0.4 is 10.1 Å². The standard InChI is InChI=1S/C11H12ClNO3/c1-7(14)11(15)13-6-8-3-4-10(16-2)9(12)5-8/h3-5H,6H2,1-2H3,(H,13,15). The summed E-state index contributed by atoms with van der Waals surface area (Å²) < 4.78 is 4.99. The molecule has 0 aromatic heterocycles. The predicted molar refractivity (Wildman–Crippen MR) is 60.5 cm³/mol. The zero-order valence-electron chi connectivity index (χ0n) is 9.04. The number of nitrogens with one attached hydrogen (secondary N) is 1. The Morgan fingerprint density at radius 2 is 2.12 bits per heavy atom. The molecule has 0 aliphatic rings. The normalized spacial score (nSPS) is 9.69. The number of carbonyl (C=O) groups excluding carboxylic acids is 2. The molecule has 0 aliphatic carbocycles. The van der Waals surface area contributed by atoms with Gasteiger partial charge in [0.05, 0.1) is 12.1 Å². The number of hydrogen-bond donors (Lipinski definition) is 1. The van der Waals surface area contributed by atoms with E-state index in [1.165, 1.54) is 14.0 Å². The molecule has 86 valence electrons. The SMILES string of the molecule is COc1ccc(CNC(=O)C(C)=O)cc1Cl. The van der Waals surface area contributed by atoms with Crippen LogP contribution in [0.1, 0.15) is 12.5 Å². The summed E-state index contributed by atoms with van der Waals surface area (Å²) >= 11 is 5.90. The van der Waals surface area contributed by atoms with Crippen LogP contribution in [0, 0.1) is 0 Å². The third-order valence-corrected chi connectivity index (χ3v) is 2.28. The third kappa shape index (κ3) is 3.24. The summed E-state index contributed by atoms with van der Waals surface area (Å²) in [5, 5.41) is 2.94. The van der Waals surface area contributed by atoms with Gasteiger partial charge in [0.25, 0.3) is 5.91 Å². The highest BCUT2D eigenvalue weighted by atomic mass is 35.5. The maximum atomic E-state index is 11.0. The molecule has 16 heavy (non-hydrogen) atoms. The Kier molecular flexibility index (Phi) is 4.31. The summed E-state index contributed by atoms with van der Waals surface area (Å²) in [5.74, 6) is -0.546. The second-order valence-electron chi connectivity index (χ2n) is 3.21. The Labute approximate surface area is 98.5 Å². The smallest absolute Gasteiger partial charge is 0.287 e. The average molecular weight is 242 g/mol. The van der Waals surface area contributed by atoms with Crippen LogP contribution >= 0.6 is 11.6 Å². The fourth-order valence-electron chi connectivity index (χ4n) is 1.13. The molecule has 0 unspecified atom stereocenters. The van der Waals surface area contributed by atoms with Gasteiger partial charge < -0.3 is 10.1 Å². The van der Waals surface area contributed by atoms with Gasteiger partial charge in [0.1, 0.15) is 5.75 Å². The van der Waals surface area contributed by atoms with Crippen LogP contribution in [0.5, 0.6) is 5.75 Å². The highest BCUT2D eigenvalue weighted by Gasteiger charge is 2.07. The Morgan fingerprint density at radius 3 is 2.62 bits per heavy atom. The molecule has 5 heteroatoms.